The normalized spacial score (nSPS) is 10.7. The largest absolute Gasteiger partial charge is 0.390 e. The summed E-state index contributed by atoms with van der Waals surface area (Å²) in [6.07, 6.45) is 0. The summed E-state index contributed by atoms with van der Waals surface area (Å²) >= 11 is 0. The molecular weight excluding hydrogens is 178 g/mol. The first kappa shape index (κ1) is 8.97. The molecule has 0 spiro atoms. The van der Waals surface area contributed by atoms with Crippen LogP contribution in [0.15, 0.2) is 29.1 Å². The van der Waals surface area contributed by atoms with E-state index in [2.05, 4.69) is 4.98 Å². The average molecular weight is 189 g/mol. The van der Waals surface area contributed by atoms with Gasteiger partial charge >= 0.3 is 0 Å². The van der Waals surface area contributed by atoms with Crippen LogP contribution in [0.2, 0.25) is 0 Å². The molecule has 0 atom stereocenters. The average Bonchev–Trinajstić information content (AvgIpc) is 2.17. The van der Waals surface area contributed by atoms with Crippen molar-refractivity contribution in [1.82, 2.24) is 4.98 Å². The van der Waals surface area contributed by atoms with E-state index in [0.717, 1.165) is 11.1 Å². The Hall–Kier alpha value is -1.61. The first-order chi connectivity index (χ1) is 6.72. The number of nitrogens with one attached hydrogen (secondary N) is 1. The standard InChI is InChI=1S/C11H11NO2/c1-7-3-2-4-9-11(7)10(14)5-8(6-13)12-9/h2-5,13H,6H2,1H3,(H,12,14). The zero-order valence-electron chi connectivity index (χ0n) is 7.87. The predicted molar refractivity (Wildman–Crippen MR) is 55.2 cm³/mol. The van der Waals surface area contributed by atoms with Gasteiger partial charge in [-0.05, 0) is 18.6 Å². The molecule has 1 heterocycles. The second-order valence-corrected chi connectivity index (χ2v) is 3.31. The van der Waals surface area contributed by atoms with Crippen LogP contribution in [-0.2, 0) is 6.61 Å². The number of hydrogen-bond acceptors (Lipinski definition) is 2. The highest BCUT2D eigenvalue weighted by molar-refractivity contribution is 5.81. The van der Waals surface area contributed by atoms with E-state index in [4.69, 9.17) is 5.11 Å². The molecule has 3 heteroatoms. The van der Waals surface area contributed by atoms with Crippen LogP contribution in [0.3, 0.4) is 0 Å². The van der Waals surface area contributed by atoms with Crippen molar-refractivity contribution in [2.24, 2.45) is 0 Å². The van der Waals surface area contributed by atoms with Crippen molar-refractivity contribution >= 4 is 10.9 Å². The molecule has 0 saturated heterocycles. The SMILES string of the molecule is Cc1cccc2[nH]c(CO)cc(=O)c12. The Morgan fingerprint density at radius 1 is 1.43 bits per heavy atom. The van der Waals surface area contributed by atoms with Crippen molar-refractivity contribution in [3.63, 3.8) is 0 Å². The number of rotatable bonds is 1. The summed E-state index contributed by atoms with van der Waals surface area (Å²) in [5.41, 5.74) is 2.24. The molecule has 0 aliphatic carbocycles. The van der Waals surface area contributed by atoms with Crippen molar-refractivity contribution in [2.75, 3.05) is 0 Å². The van der Waals surface area contributed by atoms with Crippen LogP contribution in [0.1, 0.15) is 11.3 Å². The van der Waals surface area contributed by atoms with Crippen molar-refractivity contribution in [3.05, 3.63) is 45.7 Å². The Kier molecular flexibility index (Phi) is 2.09. The lowest BCUT2D eigenvalue weighted by Gasteiger charge is -2.03. The molecule has 0 radical (unpaired) electrons. The second kappa shape index (κ2) is 3.27. The van der Waals surface area contributed by atoms with Gasteiger partial charge in [-0.15, -0.1) is 0 Å². The van der Waals surface area contributed by atoms with Gasteiger partial charge in [0.1, 0.15) is 0 Å². The van der Waals surface area contributed by atoms with E-state index < -0.39 is 0 Å². The number of hydrogen-bond donors (Lipinski definition) is 2. The van der Waals surface area contributed by atoms with Gasteiger partial charge < -0.3 is 10.1 Å². The first-order valence-electron chi connectivity index (χ1n) is 4.45. The van der Waals surface area contributed by atoms with Gasteiger partial charge in [0.2, 0.25) is 0 Å². The molecule has 1 aromatic carbocycles. The van der Waals surface area contributed by atoms with E-state index >= 15 is 0 Å². The first-order valence-corrected chi connectivity index (χ1v) is 4.45. The predicted octanol–water partition coefficient (Wildman–Crippen LogP) is 1.33. The van der Waals surface area contributed by atoms with Crippen LogP contribution in [0.5, 0.6) is 0 Å². The maximum Gasteiger partial charge on any atom is 0.190 e. The van der Waals surface area contributed by atoms with E-state index in [1.165, 1.54) is 6.07 Å². The summed E-state index contributed by atoms with van der Waals surface area (Å²) < 4.78 is 0. The number of aromatic nitrogens is 1. The van der Waals surface area contributed by atoms with Gasteiger partial charge in [0.25, 0.3) is 0 Å². The Balaban J connectivity index is 2.90. The minimum absolute atomic E-state index is 0.0408. The summed E-state index contributed by atoms with van der Waals surface area (Å²) in [6.45, 7) is 1.76. The van der Waals surface area contributed by atoms with Crippen LogP contribution in [0.25, 0.3) is 10.9 Å². The van der Waals surface area contributed by atoms with Crippen molar-refractivity contribution in [1.29, 1.82) is 0 Å². The third-order valence-electron chi connectivity index (χ3n) is 2.29. The van der Waals surface area contributed by atoms with Gasteiger partial charge in [-0.2, -0.15) is 0 Å². The zero-order chi connectivity index (χ0) is 10.1. The number of aliphatic hydroxyl groups excluding tert-OH is 1. The fourth-order valence-corrected chi connectivity index (χ4v) is 1.62. The van der Waals surface area contributed by atoms with E-state index in [1.54, 1.807) is 0 Å². The van der Waals surface area contributed by atoms with E-state index in [0.29, 0.717) is 11.1 Å². The summed E-state index contributed by atoms with van der Waals surface area (Å²) in [6, 6.07) is 7.06. The minimum Gasteiger partial charge on any atom is -0.390 e. The number of benzene rings is 1. The van der Waals surface area contributed by atoms with Crippen LogP contribution in [-0.4, -0.2) is 10.1 Å². The van der Waals surface area contributed by atoms with E-state index in [-0.39, 0.29) is 12.0 Å². The molecule has 0 fully saturated rings. The topological polar surface area (TPSA) is 53.1 Å². The molecule has 2 N–H and O–H groups in total. The van der Waals surface area contributed by atoms with E-state index in [9.17, 15) is 4.79 Å². The molecule has 14 heavy (non-hydrogen) atoms. The molecule has 1 aromatic heterocycles. The number of aryl methyl sites for hydroxylation is 1. The molecular formula is C11H11NO2. The van der Waals surface area contributed by atoms with Gasteiger partial charge in [-0.3, -0.25) is 4.79 Å². The maximum absolute atomic E-state index is 11.6. The highest BCUT2D eigenvalue weighted by Crippen LogP contribution is 2.12. The van der Waals surface area contributed by atoms with Crippen LogP contribution in [0.4, 0.5) is 0 Å². The molecule has 2 rings (SSSR count). The van der Waals surface area contributed by atoms with Crippen LogP contribution >= 0.6 is 0 Å². The van der Waals surface area contributed by atoms with Gasteiger partial charge in [-0.1, -0.05) is 12.1 Å². The summed E-state index contributed by atoms with van der Waals surface area (Å²) in [7, 11) is 0. The van der Waals surface area contributed by atoms with E-state index in [1.807, 2.05) is 25.1 Å². The van der Waals surface area contributed by atoms with Gasteiger partial charge in [-0.25, -0.2) is 0 Å². The molecule has 0 saturated carbocycles. The molecule has 3 nitrogen and oxygen atoms in total. The summed E-state index contributed by atoms with van der Waals surface area (Å²) in [4.78, 5) is 14.7. The van der Waals surface area contributed by atoms with Gasteiger partial charge in [0.15, 0.2) is 5.43 Å². The smallest absolute Gasteiger partial charge is 0.190 e. The summed E-state index contributed by atoms with van der Waals surface area (Å²) in [5.74, 6) is 0. The van der Waals surface area contributed by atoms with Gasteiger partial charge in [0.05, 0.1) is 6.61 Å². The third-order valence-corrected chi connectivity index (χ3v) is 2.29. The number of aromatic amines is 1. The van der Waals surface area contributed by atoms with Crippen LogP contribution in [0, 0.1) is 6.92 Å². The number of fused-ring (bicyclic) bond motifs is 1. The number of pyridine rings is 1. The Labute approximate surface area is 81.0 Å². The highest BCUT2D eigenvalue weighted by Gasteiger charge is 2.03. The molecule has 0 amide bonds. The zero-order valence-corrected chi connectivity index (χ0v) is 7.87. The Morgan fingerprint density at radius 2 is 2.21 bits per heavy atom. The molecule has 0 bridgehead atoms. The van der Waals surface area contributed by atoms with Crippen molar-refractivity contribution in [2.45, 2.75) is 13.5 Å². The lowest BCUT2D eigenvalue weighted by molar-refractivity contribution is 0.277. The van der Waals surface area contributed by atoms with Gasteiger partial charge in [0, 0.05) is 22.7 Å². The quantitative estimate of drug-likeness (QED) is 0.711. The third kappa shape index (κ3) is 1.32. The fourth-order valence-electron chi connectivity index (χ4n) is 1.62. The maximum atomic E-state index is 11.6. The minimum atomic E-state index is -0.140. The number of aliphatic hydroxyl groups is 1. The highest BCUT2D eigenvalue weighted by atomic mass is 16.3. The molecule has 0 unspecified atom stereocenters. The molecule has 0 aliphatic rings. The van der Waals surface area contributed by atoms with Crippen molar-refractivity contribution < 1.29 is 5.11 Å². The second-order valence-electron chi connectivity index (χ2n) is 3.31. The molecule has 2 aromatic rings. The lowest BCUT2D eigenvalue weighted by atomic mass is 10.1. The van der Waals surface area contributed by atoms with Crippen molar-refractivity contribution in [3.8, 4) is 0 Å². The molecule has 0 aliphatic heterocycles. The molecule has 72 valence electrons. The monoisotopic (exact) mass is 189 g/mol. The Morgan fingerprint density at radius 3 is 2.93 bits per heavy atom. The Bertz CT molecular complexity index is 528. The fraction of sp³-hybridized carbons (Fsp3) is 0.182. The number of H-pyrrole nitrogens is 1. The van der Waals surface area contributed by atoms with Crippen LogP contribution < -0.4 is 5.43 Å². The summed E-state index contributed by atoms with van der Waals surface area (Å²) in [5, 5.41) is 9.62. The lowest BCUT2D eigenvalue weighted by Crippen LogP contribution is -2.06.